The monoisotopic (exact) mass is 401 g/mol. The van der Waals surface area contributed by atoms with E-state index >= 15 is 0 Å². The van der Waals surface area contributed by atoms with E-state index in [1.165, 1.54) is 6.42 Å². The molecule has 2 aliphatic heterocycles. The fraction of sp³-hybridized carbons (Fsp3) is 0.429. The van der Waals surface area contributed by atoms with Crippen LogP contribution in [0.5, 0.6) is 0 Å². The minimum absolute atomic E-state index is 0.106. The van der Waals surface area contributed by atoms with Crippen molar-refractivity contribution in [3.8, 4) is 11.3 Å². The lowest BCUT2D eigenvalue weighted by molar-refractivity contribution is 0.0605. The summed E-state index contributed by atoms with van der Waals surface area (Å²) >= 11 is 5.92. The zero-order valence-corrected chi connectivity index (χ0v) is 16.5. The lowest BCUT2D eigenvalue weighted by Crippen LogP contribution is -2.54. The zero-order valence-electron chi connectivity index (χ0n) is 15.8. The Morgan fingerprint density at radius 1 is 0.750 bits per heavy atom. The molecule has 0 saturated carbocycles. The second-order valence-corrected chi connectivity index (χ2v) is 7.72. The molecule has 1 aromatic carbocycles. The average Bonchev–Trinajstić information content (AvgIpc) is 3.24. The third-order valence-electron chi connectivity index (χ3n) is 5.41. The fourth-order valence-corrected chi connectivity index (χ4v) is 3.89. The maximum Gasteiger partial charge on any atom is 0.320 e. The van der Waals surface area contributed by atoms with Crippen molar-refractivity contribution in [1.29, 1.82) is 0 Å². The van der Waals surface area contributed by atoms with Crippen molar-refractivity contribution in [2.24, 2.45) is 0 Å². The van der Waals surface area contributed by atoms with Crippen LogP contribution in [0.3, 0.4) is 0 Å². The third kappa shape index (κ3) is 4.02. The second kappa shape index (κ2) is 8.27. The zero-order chi connectivity index (χ0) is 19.5. The summed E-state index contributed by atoms with van der Waals surface area (Å²) in [5.74, 6) is 0.824. The van der Waals surface area contributed by atoms with E-state index in [9.17, 15) is 9.59 Å². The standard InChI is InChI=1S/C21H24ClN3O3/c22-17-6-4-16(5-7-17)18-8-9-19(28-18)20(26)23-12-14-25(15-13-23)21(27)24-10-2-1-3-11-24/h4-9H,1-3,10-15H2. The molecule has 2 saturated heterocycles. The lowest BCUT2D eigenvalue weighted by atomic mass is 10.1. The maximum absolute atomic E-state index is 12.8. The van der Waals surface area contributed by atoms with Gasteiger partial charge in [-0.15, -0.1) is 0 Å². The number of rotatable bonds is 2. The SMILES string of the molecule is O=C(c1ccc(-c2ccc(Cl)cc2)o1)N1CCN(C(=O)N2CCCCC2)CC1. The van der Waals surface area contributed by atoms with Gasteiger partial charge in [-0.05, 0) is 55.7 Å². The van der Waals surface area contributed by atoms with Crippen LogP contribution in [0.2, 0.25) is 5.02 Å². The Labute approximate surface area is 169 Å². The van der Waals surface area contributed by atoms with E-state index in [0.717, 1.165) is 31.5 Å². The summed E-state index contributed by atoms with van der Waals surface area (Å²) in [6, 6.07) is 10.9. The number of piperazine rings is 1. The van der Waals surface area contributed by atoms with Gasteiger partial charge in [0.2, 0.25) is 0 Å². The number of halogens is 1. The van der Waals surface area contributed by atoms with Crippen LogP contribution in [0.1, 0.15) is 29.8 Å². The number of hydrogen-bond acceptors (Lipinski definition) is 3. The number of hydrogen-bond donors (Lipinski definition) is 0. The highest BCUT2D eigenvalue weighted by molar-refractivity contribution is 6.30. The molecule has 0 radical (unpaired) electrons. The first-order valence-corrected chi connectivity index (χ1v) is 10.2. The first-order valence-electron chi connectivity index (χ1n) is 9.81. The smallest absolute Gasteiger partial charge is 0.320 e. The van der Waals surface area contributed by atoms with Gasteiger partial charge in [0.05, 0.1) is 0 Å². The van der Waals surface area contributed by atoms with Crippen molar-refractivity contribution in [2.75, 3.05) is 39.3 Å². The van der Waals surface area contributed by atoms with E-state index in [1.807, 2.05) is 21.9 Å². The van der Waals surface area contributed by atoms with Gasteiger partial charge < -0.3 is 19.1 Å². The van der Waals surface area contributed by atoms with Crippen LogP contribution in [0.25, 0.3) is 11.3 Å². The molecule has 0 atom stereocenters. The largest absolute Gasteiger partial charge is 0.451 e. The molecule has 148 valence electrons. The molecule has 28 heavy (non-hydrogen) atoms. The van der Waals surface area contributed by atoms with Gasteiger partial charge in [0.1, 0.15) is 5.76 Å². The van der Waals surface area contributed by atoms with Crippen LogP contribution in [0, 0.1) is 0 Å². The minimum atomic E-state index is -0.134. The summed E-state index contributed by atoms with van der Waals surface area (Å²) in [7, 11) is 0. The van der Waals surface area contributed by atoms with Crippen LogP contribution in [0.4, 0.5) is 4.79 Å². The maximum atomic E-state index is 12.8. The summed E-state index contributed by atoms with van der Waals surface area (Å²) in [5, 5.41) is 0.656. The molecular formula is C21H24ClN3O3. The van der Waals surface area contributed by atoms with Crippen LogP contribution in [0.15, 0.2) is 40.8 Å². The Morgan fingerprint density at radius 3 is 2.04 bits per heavy atom. The van der Waals surface area contributed by atoms with Crippen molar-refractivity contribution in [3.63, 3.8) is 0 Å². The molecule has 0 bridgehead atoms. The molecule has 0 N–H and O–H groups in total. The predicted octanol–water partition coefficient (Wildman–Crippen LogP) is 3.96. The minimum Gasteiger partial charge on any atom is -0.451 e. The first-order chi connectivity index (χ1) is 13.6. The van der Waals surface area contributed by atoms with Crippen molar-refractivity contribution >= 4 is 23.5 Å². The Kier molecular flexibility index (Phi) is 5.57. The van der Waals surface area contributed by atoms with Crippen LogP contribution < -0.4 is 0 Å². The molecule has 3 heterocycles. The molecule has 2 fully saturated rings. The van der Waals surface area contributed by atoms with E-state index in [-0.39, 0.29) is 11.9 Å². The Balaban J connectivity index is 1.35. The number of urea groups is 1. The molecule has 0 spiro atoms. The Bertz CT molecular complexity index is 835. The Morgan fingerprint density at radius 2 is 1.36 bits per heavy atom. The number of piperidine rings is 1. The molecule has 4 rings (SSSR count). The van der Waals surface area contributed by atoms with Crippen molar-refractivity contribution in [1.82, 2.24) is 14.7 Å². The average molecular weight is 402 g/mol. The van der Waals surface area contributed by atoms with Gasteiger partial charge in [-0.2, -0.15) is 0 Å². The van der Waals surface area contributed by atoms with Gasteiger partial charge in [-0.1, -0.05) is 11.6 Å². The van der Waals surface area contributed by atoms with E-state index < -0.39 is 0 Å². The number of amides is 3. The normalized spacial score (nSPS) is 17.7. The number of benzene rings is 1. The predicted molar refractivity (Wildman–Crippen MR) is 107 cm³/mol. The van der Waals surface area contributed by atoms with Gasteiger partial charge in [0.15, 0.2) is 5.76 Å². The molecule has 2 aromatic rings. The number of nitrogens with zero attached hydrogens (tertiary/aromatic N) is 3. The summed E-state index contributed by atoms with van der Waals surface area (Å²) in [6.07, 6.45) is 3.37. The van der Waals surface area contributed by atoms with Crippen molar-refractivity contribution < 1.29 is 14.0 Å². The van der Waals surface area contributed by atoms with Gasteiger partial charge in [0, 0.05) is 49.9 Å². The number of furan rings is 1. The molecule has 0 unspecified atom stereocenters. The molecular weight excluding hydrogens is 378 g/mol. The molecule has 7 heteroatoms. The summed E-state index contributed by atoms with van der Waals surface area (Å²) in [5.41, 5.74) is 0.875. The molecule has 2 aliphatic rings. The highest BCUT2D eigenvalue weighted by atomic mass is 35.5. The summed E-state index contributed by atoms with van der Waals surface area (Å²) in [6.45, 7) is 3.86. The fourth-order valence-electron chi connectivity index (χ4n) is 3.76. The van der Waals surface area contributed by atoms with E-state index in [4.69, 9.17) is 16.0 Å². The second-order valence-electron chi connectivity index (χ2n) is 7.28. The lowest BCUT2D eigenvalue weighted by Gasteiger charge is -2.38. The van der Waals surface area contributed by atoms with Crippen LogP contribution in [-0.2, 0) is 0 Å². The van der Waals surface area contributed by atoms with Crippen molar-refractivity contribution in [2.45, 2.75) is 19.3 Å². The third-order valence-corrected chi connectivity index (χ3v) is 5.66. The number of carbonyl (C=O) groups excluding carboxylic acids is 2. The quantitative estimate of drug-likeness (QED) is 0.765. The molecule has 6 nitrogen and oxygen atoms in total. The topological polar surface area (TPSA) is 57.0 Å². The van der Waals surface area contributed by atoms with Gasteiger partial charge in [0.25, 0.3) is 5.91 Å². The van der Waals surface area contributed by atoms with Crippen molar-refractivity contribution in [3.05, 3.63) is 47.2 Å². The number of carbonyl (C=O) groups is 2. The van der Waals surface area contributed by atoms with Crippen LogP contribution >= 0.6 is 11.6 Å². The van der Waals surface area contributed by atoms with E-state index in [0.29, 0.717) is 42.7 Å². The van der Waals surface area contributed by atoms with Gasteiger partial charge in [-0.25, -0.2) is 4.79 Å². The van der Waals surface area contributed by atoms with Gasteiger partial charge >= 0.3 is 6.03 Å². The Hall–Kier alpha value is -2.47. The molecule has 0 aliphatic carbocycles. The van der Waals surface area contributed by atoms with E-state index in [2.05, 4.69) is 0 Å². The van der Waals surface area contributed by atoms with E-state index in [1.54, 1.807) is 29.2 Å². The van der Waals surface area contributed by atoms with Gasteiger partial charge in [-0.3, -0.25) is 4.79 Å². The number of likely N-dealkylation sites (tertiary alicyclic amines) is 1. The highest BCUT2D eigenvalue weighted by Crippen LogP contribution is 2.25. The molecule has 3 amide bonds. The highest BCUT2D eigenvalue weighted by Gasteiger charge is 2.29. The van der Waals surface area contributed by atoms with Crippen LogP contribution in [-0.4, -0.2) is 65.9 Å². The summed E-state index contributed by atoms with van der Waals surface area (Å²) < 4.78 is 5.77. The summed E-state index contributed by atoms with van der Waals surface area (Å²) in [4.78, 5) is 30.9. The molecule has 1 aromatic heterocycles. The first kappa shape index (κ1) is 18.9.